The zero-order valence-electron chi connectivity index (χ0n) is 16.3. The van der Waals surface area contributed by atoms with E-state index < -0.39 is 10.8 Å². The first-order valence-corrected chi connectivity index (χ1v) is 8.92. The summed E-state index contributed by atoms with van der Waals surface area (Å²) >= 11 is 0. The number of nitrogens with zero attached hydrogens (tertiary/aromatic N) is 2. The molecule has 0 saturated carbocycles. The summed E-state index contributed by atoms with van der Waals surface area (Å²) in [6.07, 6.45) is 0.0279. The second-order valence-electron chi connectivity index (χ2n) is 6.69. The SMILES string of the molecule is COc1ccc(OC)c(N2C[C@@H](C(=O)Nc3cc([N+](=O)[O-])ccc3C)CC2=O)c1. The van der Waals surface area contributed by atoms with Crippen LogP contribution < -0.4 is 19.7 Å². The molecule has 1 fully saturated rings. The molecule has 9 heteroatoms. The van der Waals surface area contributed by atoms with Crippen LogP contribution in [0.15, 0.2) is 36.4 Å². The summed E-state index contributed by atoms with van der Waals surface area (Å²) in [6.45, 7) is 1.91. The van der Waals surface area contributed by atoms with Crippen molar-refractivity contribution in [3.63, 3.8) is 0 Å². The lowest BCUT2D eigenvalue weighted by atomic mass is 10.1. The Morgan fingerprint density at radius 1 is 1.21 bits per heavy atom. The zero-order chi connectivity index (χ0) is 21.1. The Labute approximate surface area is 167 Å². The van der Waals surface area contributed by atoms with Crippen molar-refractivity contribution in [2.75, 3.05) is 31.0 Å². The molecule has 0 aliphatic carbocycles. The van der Waals surface area contributed by atoms with Crippen molar-refractivity contribution in [1.29, 1.82) is 0 Å². The molecule has 1 aliphatic heterocycles. The van der Waals surface area contributed by atoms with Crippen molar-refractivity contribution in [2.24, 2.45) is 5.92 Å². The molecule has 1 heterocycles. The number of nitro benzene ring substituents is 1. The van der Waals surface area contributed by atoms with E-state index in [4.69, 9.17) is 9.47 Å². The lowest BCUT2D eigenvalue weighted by Gasteiger charge is -2.20. The molecule has 0 unspecified atom stereocenters. The maximum atomic E-state index is 12.7. The molecular formula is C20H21N3O6. The fourth-order valence-corrected chi connectivity index (χ4v) is 3.22. The molecule has 1 saturated heterocycles. The Balaban J connectivity index is 1.80. The molecule has 0 spiro atoms. The number of nitrogens with one attached hydrogen (secondary N) is 1. The molecule has 29 heavy (non-hydrogen) atoms. The van der Waals surface area contributed by atoms with Crippen molar-refractivity contribution >= 4 is 28.9 Å². The molecule has 0 aromatic heterocycles. The van der Waals surface area contributed by atoms with Gasteiger partial charge in [0.2, 0.25) is 11.8 Å². The van der Waals surface area contributed by atoms with E-state index in [1.54, 1.807) is 31.2 Å². The normalized spacial score (nSPS) is 15.9. The molecule has 3 rings (SSSR count). The van der Waals surface area contributed by atoms with Crippen molar-refractivity contribution in [3.05, 3.63) is 52.1 Å². The Morgan fingerprint density at radius 3 is 2.62 bits per heavy atom. The maximum absolute atomic E-state index is 12.7. The number of hydrogen-bond acceptors (Lipinski definition) is 6. The quantitative estimate of drug-likeness (QED) is 0.591. The van der Waals surface area contributed by atoms with Crippen LogP contribution >= 0.6 is 0 Å². The molecule has 2 amide bonds. The topological polar surface area (TPSA) is 111 Å². The van der Waals surface area contributed by atoms with Crippen LogP contribution in [0.3, 0.4) is 0 Å². The Morgan fingerprint density at radius 2 is 1.97 bits per heavy atom. The largest absolute Gasteiger partial charge is 0.497 e. The average molecular weight is 399 g/mol. The fraction of sp³-hybridized carbons (Fsp3) is 0.300. The Kier molecular flexibility index (Phi) is 5.67. The minimum Gasteiger partial charge on any atom is -0.497 e. The molecule has 152 valence electrons. The number of anilines is 2. The van der Waals surface area contributed by atoms with Crippen LogP contribution in [0.4, 0.5) is 17.1 Å². The van der Waals surface area contributed by atoms with Gasteiger partial charge in [0.05, 0.1) is 36.4 Å². The number of nitro groups is 1. The molecule has 0 bridgehead atoms. The van der Waals surface area contributed by atoms with Gasteiger partial charge in [0.25, 0.3) is 5.69 Å². The Hall–Kier alpha value is -3.62. The highest BCUT2D eigenvalue weighted by molar-refractivity contribution is 6.04. The molecule has 1 aliphatic rings. The second kappa shape index (κ2) is 8.17. The first kappa shape index (κ1) is 20.1. The zero-order valence-corrected chi connectivity index (χ0v) is 16.3. The summed E-state index contributed by atoms with van der Waals surface area (Å²) < 4.78 is 10.6. The number of benzene rings is 2. The van der Waals surface area contributed by atoms with Crippen LogP contribution in [0.5, 0.6) is 11.5 Å². The molecule has 9 nitrogen and oxygen atoms in total. The number of rotatable bonds is 6. The highest BCUT2D eigenvalue weighted by atomic mass is 16.6. The molecule has 2 aromatic rings. The van der Waals surface area contributed by atoms with Crippen LogP contribution in [-0.2, 0) is 9.59 Å². The fourth-order valence-electron chi connectivity index (χ4n) is 3.22. The van der Waals surface area contributed by atoms with Gasteiger partial charge in [0, 0.05) is 31.2 Å². The number of carbonyl (C=O) groups is 2. The molecule has 0 radical (unpaired) electrons. The third-order valence-electron chi connectivity index (χ3n) is 4.86. The predicted octanol–water partition coefficient (Wildman–Crippen LogP) is 2.91. The minimum atomic E-state index is -0.600. The lowest BCUT2D eigenvalue weighted by molar-refractivity contribution is -0.384. The van der Waals surface area contributed by atoms with Crippen LogP contribution in [0, 0.1) is 23.0 Å². The molecular weight excluding hydrogens is 378 g/mol. The van der Waals surface area contributed by atoms with Crippen molar-refractivity contribution in [2.45, 2.75) is 13.3 Å². The molecule has 2 aromatic carbocycles. The van der Waals surface area contributed by atoms with Crippen molar-refractivity contribution < 1.29 is 24.0 Å². The summed E-state index contributed by atoms with van der Waals surface area (Å²) in [5.41, 5.74) is 1.46. The van der Waals surface area contributed by atoms with Crippen LogP contribution in [-0.4, -0.2) is 37.5 Å². The van der Waals surface area contributed by atoms with Crippen LogP contribution in [0.1, 0.15) is 12.0 Å². The third-order valence-corrected chi connectivity index (χ3v) is 4.86. The van der Waals surface area contributed by atoms with Gasteiger partial charge in [0.15, 0.2) is 0 Å². The standard InChI is InChI=1S/C20H21N3O6/c1-12-4-5-14(23(26)27)9-16(12)21-20(25)13-8-19(24)22(11-13)17-10-15(28-2)6-7-18(17)29-3/h4-7,9-10,13H,8,11H2,1-3H3,(H,21,25)/t13-/m0/s1. The van der Waals surface area contributed by atoms with Gasteiger partial charge in [-0.1, -0.05) is 6.07 Å². The first-order valence-electron chi connectivity index (χ1n) is 8.92. The monoisotopic (exact) mass is 399 g/mol. The lowest BCUT2D eigenvalue weighted by Crippen LogP contribution is -2.28. The highest BCUT2D eigenvalue weighted by Crippen LogP contribution is 2.36. The summed E-state index contributed by atoms with van der Waals surface area (Å²) in [5.74, 6) is -0.126. The van der Waals surface area contributed by atoms with E-state index >= 15 is 0 Å². The summed E-state index contributed by atoms with van der Waals surface area (Å²) in [7, 11) is 3.02. The molecule has 1 N–H and O–H groups in total. The molecule has 1 atom stereocenters. The van der Waals surface area contributed by atoms with Gasteiger partial charge in [-0.05, 0) is 24.6 Å². The van der Waals surface area contributed by atoms with Gasteiger partial charge in [-0.25, -0.2) is 0 Å². The second-order valence-corrected chi connectivity index (χ2v) is 6.69. The number of non-ortho nitro benzene ring substituents is 1. The maximum Gasteiger partial charge on any atom is 0.271 e. The summed E-state index contributed by atoms with van der Waals surface area (Å²) in [5, 5.41) is 13.7. The van der Waals surface area contributed by atoms with E-state index in [2.05, 4.69) is 5.32 Å². The van der Waals surface area contributed by atoms with Crippen LogP contribution in [0.25, 0.3) is 0 Å². The van der Waals surface area contributed by atoms with Gasteiger partial charge in [0.1, 0.15) is 11.5 Å². The number of ether oxygens (including phenoxy) is 2. The van der Waals surface area contributed by atoms with Crippen molar-refractivity contribution in [1.82, 2.24) is 0 Å². The number of amides is 2. The predicted molar refractivity (Wildman–Crippen MR) is 106 cm³/mol. The highest BCUT2D eigenvalue weighted by Gasteiger charge is 2.36. The summed E-state index contributed by atoms with van der Waals surface area (Å²) in [4.78, 5) is 37.3. The number of hydrogen-bond donors (Lipinski definition) is 1. The van der Waals surface area contributed by atoms with Gasteiger partial charge in [-0.3, -0.25) is 19.7 Å². The van der Waals surface area contributed by atoms with Crippen LogP contribution in [0.2, 0.25) is 0 Å². The van der Waals surface area contributed by atoms with Gasteiger partial charge >= 0.3 is 0 Å². The van der Waals surface area contributed by atoms with E-state index in [9.17, 15) is 19.7 Å². The van der Waals surface area contributed by atoms with E-state index in [-0.39, 0.29) is 30.5 Å². The first-order chi connectivity index (χ1) is 13.8. The van der Waals surface area contributed by atoms with Crippen molar-refractivity contribution in [3.8, 4) is 11.5 Å². The minimum absolute atomic E-state index is 0.0279. The third kappa shape index (κ3) is 4.13. The Bertz CT molecular complexity index is 975. The number of aryl methyl sites for hydroxylation is 1. The van der Waals surface area contributed by atoms with E-state index in [1.807, 2.05) is 0 Å². The average Bonchev–Trinajstić information content (AvgIpc) is 3.10. The van der Waals surface area contributed by atoms with Gasteiger partial charge in [-0.2, -0.15) is 0 Å². The van der Waals surface area contributed by atoms with E-state index in [1.165, 1.54) is 31.3 Å². The van der Waals surface area contributed by atoms with E-state index in [0.717, 1.165) is 0 Å². The summed E-state index contributed by atoms with van der Waals surface area (Å²) in [6, 6.07) is 9.36. The van der Waals surface area contributed by atoms with Gasteiger partial charge < -0.3 is 19.7 Å². The van der Waals surface area contributed by atoms with E-state index in [0.29, 0.717) is 28.4 Å². The van der Waals surface area contributed by atoms with Gasteiger partial charge in [-0.15, -0.1) is 0 Å². The number of methoxy groups -OCH3 is 2. The number of carbonyl (C=O) groups excluding carboxylic acids is 2. The smallest absolute Gasteiger partial charge is 0.271 e.